The van der Waals surface area contributed by atoms with Gasteiger partial charge in [-0.05, 0) is 19.1 Å². The number of halogens is 1. The van der Waals surface area contributed by atoms with Crippen molar-refractivity contribution in [1.82, 2.24) is 0 Å². The van der Waals surface area contributed by atoms with Gasteiger partial charge in [0.25, 0.3) is 0 Å². The summed E-state index contributed by atoms with van der Waals surface area (Å²) in [5.74, 6) is 1.53. The van der Waals surface area contributed by atoms with Crippen LogP contribution in [-0.2, 0) is 0 Å². The van der Waals surface area contributed by atoms with Gasteiger partial charge in [0.2, 0.25) is 0 Å². The molecular weight excluding hydrogens is 188 g/mol. The molecule has 1 heterocycles. The van der Waals surface area contributed by atoms with Gasteiger partial charge in [0.15, 0.2) is 11.3 Å². The van der Waals surface area contributed by atoms with Crippen molar-refractivity contribution in [2.75, 3.05) is 7.11 Å². The molecule has 2 nitrogen and oxygen atoms in total. The molecule has 0 spiro atoms. The van der Waals surface area contributed by atoms with Crippen LogP contribution >= 0.6 is 11.6 Å². The number of furan rings is 1. The average molecular weight is 197 g/mol. The average Bonchev–Trinajstić information content (AvgIpc) is 2.43. The van der Waals surface area contributed by atoms with Crippen molar-refractivity contribution in [2.45, 2.75) is 6.92 Å². The molecule has 2 rings (SSSR count). The molecular formula is C10H9ClO2. The number of benzene rings is 1. The quantitative estimate of drug-likeness (QED) is 0.698. The van der Waals surface area contributed by atoms with Gasteiger partial charge < -0.3 is 9.15 Å². The number of ether oxygens (including phenoxy) is 1. The minimum absolute atomic E-state index is 0.658. The summed E-state index contributed by atoms with van der Waals surface area (Å²) in [5, 5.41) is 1.63. The highest BCUT2D eigenvalue weighted by molar-refractivity contribution is 6.31. The maximum Gasteiger partial charge on any atom is 0.176 e. The maximum absolute atomic E-state index is 5.89. The maximum atomic E-state index is 5.89. The van der Waals surface area contributed by atoms with E-state index in [-0.39, 0.29) is 0 Å². The van der Waals surface area contributed by atoms with Gasteiger partial charge in [0.1, 0.15) is 5.76 Å². The lowest BCUT2D eigenvalue weighted by molar-refractivity contribution is 0.409. The summed E-state index contributed by atoms with van der Waals surface area (Å²) in [5.41, 5.74) is 0.754. The molecule has 0 unspecified atom stereocenters. The summed E-state index contributed by atoms with van der Waals surface area (Å²) in [6.07, 6.45) is 0. The Labute approximate surface area is 81.1 Å². The minimum Gasteiger partial charge on any atom is -0.493 e. The first kappa shape index (κ1) is 8.45. The third kappa shape index (κ3) is 1.38. The molecule has 0 saturated heterocycles. The third-order valence-corrected chi connectivity index (χ3v) is 2.11. The molecule has 0 bridgehead atoms. The molecule has 0 fully saturated rings. The van der Waals surface area contributed by atoms with Gasteiger partial charge >= 0.3 is 0 Å². The Bertz CT molecular complexity index is 445. The molecule has 2 aromatic rings. The van der Waals surface area contributed by atoms with E-state index in [1.165, 1.54) is 0 Å². The van der Waals surface area contributed by atoms with Gasteiger partial charge in [-0.3, -0.25) is 0 Å². The van der Waals surface area contributed by atoms with E-state index < -0.39 is 0 Å². The second-order valence-corrected chi connectivity index (χ2v) is 3.32. The highest BCUT2D eigenvalue weighted by atomic mass is 35.5. The van der Waals surface area contributed by atoms with Crippen LogP contribution in [0.4, 0.5) is 0 Å². The second-order valence-electron chi connectivity index (χ2n) is 2.88. The van der Waals surface area contributed by atoms with Crippen LogP contribution < -0.4 is 4.74 Å². The lowest BCUT2D eigenvalue weighted by atomic mass is 10.2. The van der Waals surface area contributed by atoms with Crippen molar-refractivity contribution >= 4 is 22.6 Å². The van der Waals surface area contributed by atoms with E-state index in [2.05, 4.69) is 0 Å². The smallest absolute Gasteiger partial charge is 0.176 e. The monoisotopic (exact) mass is 196 g/mol. The Morgan fingerprint density at radius 3 is 2.77 bits per heavy atom. The van der Waals surface area contributed by atoms with Crippen LogP contribution in [0, 0.1) is 6.92 Å². The zero-order valence-electron chi connectivity index (χ0n) is 7.43. The zero-order chi connectivity index (χ0) is 9.42. The van der Waals surface area contributed by atoms with Crippen LogP contribution in [0.1, 0.15) is 5.76 Å². The Morgan fingerprint density at radius 2 is 2.08 bits per heavy atom. The molecule has 68 valence electrons. The van der Waals surface area contributed by atoms with Gasteiger partial charge in [0.05, 0.1) is 7.11 Å². The van der Waals surface area contributed by atoms with Crippen LogP contribution in [0.25, 0.3) is 11.0 Å². The van der Waals surface area contributed by atoms with Crippen LogP contribution in [0.2, 0.25) is 5.02 Å². The summed E-state index contributed by atoms with van der Waals surface area (Å²) >= 11 is 5.89. The van der Waals surface area contributed by atoms with E-state index in [0.717, 1.165) is 16.7 Å². The van der Waals surface area contributed by atoms with Crippen molar-refractivity contribution in [3.05, 3.63) is 29.0 Å². The van der Waals surface area contributed by atoms with Crippen LogP contribution in [0.5, 0.6) is 5.75 Å². The number of rotatable bonds is 1. The molecule has 0 saturated carbocycles. The van der Waals surface area contributed by atoms with E-state index in [9.17, 15) is 0 Å². The minimum atomic E-state index is 0.658. The standard InChI is InChI=1S/C10H9ClO2/c1-6-3-7-4-8(11)5-9(12-2)10(7)13-6/h3-5H,1-2H3. The van der Waals surface area contributed by atoms with E-state index in [4.69, 9.17) is 20.8 Å². The molecule has 0 N–H and O–H groups in total. The molecule has 1 aromatic carbocycles. The van der Waals surface area contributed by atoms with Gasteiger partial charge in [-0.1, -0.05) is 11.6 Å². The first-order chi connectivity index (χ1) is 6.20. The highest BCUT2D eigenvalue weighted by Crippen LogP contribution is 2.31. The van der Waals surface area contributed by atoms with Crippen molar-refractivity contribution in [3.63, 3.8) is 0 Å². The molecule has 0 aliphatic heterocycles. The largest absolute Gasteiger partial charge is 0.493 e. The van der Waals surface area contributed by atoms with Crippen LogP contribution in [0.15, 0.2) is 22.6 Å². The molecule has 0 aliphatic rings. The number of fused-ring (bicyclic) bond motifs is 1. The molecule has 1 aromatic heterocycles. The highest BCUT2D eigenvalue weighted by Gasteiger charge is 2.07. The normalized spacial score (nSPS) is 10.7. The summed E-state index contributed by atoms with van der Waals surface area (Å²) < 4.78 is 10.6. The number of hydrogen-bond donors (Lipinski definition) is 0. The van der Waals surface area contributed by atoms with Crippen molar-refractivity contribution < 1.29 is 9.15 Å². The van der Waals surface area contributed by atoms with Gasteiger partial charge in [0, 0.05) is 16.5 Å². The Hall–Kier alpha value is -1.15. The first-order valence-corrected chi connectivity index (χ1v) is 4.32. The molecule has 0 amide bonds. The molecule has 0 radical (unpaired) electrons. The third-order valence-electron chi connectivity index (χ3n) is 1.89. The number of aryl methyl sites for hydroxylation is 1. The molecule has 0 aliphatic carbocycles. The molecule has 3 heteroatoms. The number of hydrogen-bond acceptors (Lipinski definition) is 2. The van der Waals surface area contributed by atoms with Crippen molar-refractivity contribution in [3.8, 4) is 5.75 Å². The van der Waals surface area contributed by atoms with E-state index >= 15 is 0 Å². The van der Waals surface area contributed by atoms with E-state index in [1.807, 2.05) is 19.1 Å². The first-order valence-electron chi connectivity index (χ1n) is 3.94. The summed E-state index contributed by atoms with van der Waals surface area (Å²) in [7, 11) is 1.60. The van der Waals surface area contributed by atoms with E-state index in [0.29, 0.717) is 10.8 Å². The fraction of sp³-hybridized carbons (Fsp3) is 0.200. The van der Waals surface area contributed by atoms with Crippen molar-refractivity contribution in [1.29, 1.82) is 0 Å². The fourth-order valence-electron chi connectivity index (χ4n) is 1.37. The lowest BCUT2D eigenvalue weighted by Crippen LogP contribution is -1.82. The SMILES string of the molecule is COc1cc(Cl)cc2cc(C)oc12. The predicted molar refractivity (Wildman–Crippen MR) is 52.5 cm³/mol. The fourth-order valence-corrected chi connectivity index (χ4v) is 1.58. The van der Waals surface area contributed by atoms with E-state index in [1.54, 1.807) is 13.2 Å². The van der Waals surface area contributed by atoms with Crippen molar-refractivity contribution in [2.24, 2.45) is 0 Å². The zero-order valence-corrected chi connectivity index (χ0v) is 8.18. The molecule has 13 heavy (non-hydrogen) atoms. The predicted octanol–water partition coefficient (Wildman–Crippen LogP) is 3.40. The van der Waals surface area contributed by atoms with Crippen LogP contribution in [-0.4, -0.2) is 7.11 Å². The van der Waals surface area contributed by atoms with Crippen LogP contribution in [0.3, 0.4) is 0 Å². The Kier molecular flexibility index (Phi) is 1.93. The summed E-state index contributed by atoms with van der Waals surface area (Å²) in [6, 6.07) is 5.53. The Morgan fingerprint density at radius 1 is 1.31 bits per heavy atom. The summed E-state index contributed by atoms with van der Waals surface area (Å²) in [6.45, 7) is 1.90. The second kappa shape index (κ2) is 2.96. The molecule has 0 atom stereocenters. The number of methoxy groups -OCH3 is 1. The van der Waals surface area contributed by atoms with Gasteiger partial charge in [-0.25, -0.2) is 0 Å². The van der Waals surface area contributed by atoms with Gasteiger partial charge in [-0.2, -0.15) is 0 Å². The van der Waals surface area contributed by atoms with Gasteiger partial charge in [-0.15, -0.1) is 0 Å². The lowest BCUT2D eigenvalue weighted by Gasteiger charge is -2.00. The topological polar surface area (TPSA) is 22.4 Å². The Balaban J connectivity index is 2.80. The summed E-state index contributed by atoms with van der Waals surface area (Å²) in [4.78, 5) is 0.